The van der Waals surface area contributed by atoms with Crippen LogP contribution < -0.4 is 5.32 Å². The van der Waals surface area contributed by atoms with Crippen LogP contribution in [0.1, 0.15) is 39.5 Å². The summed E-state index contributed by atoms with van der Waals surface area (Å²) < 4.78 is 25.8. The first-order valence-corrected chi connectivity index (χ1v) is 15.9. The highest BCUT2D eigenvalue weighted by atomic mass is 35.5. The van der Waals surface area contributed by atoms with Crippen molar-refractivity contribution in [2.45, 2.75) is 43.9 Å². The number of aliphatic carboxylic acids is 1. The molecule has 1 aromatic heterocycles. The predicted octanol–water partition coefficient (Wildman–Crippen LogP) is 4.45. The van der Waals surface area contributed by atoms with Gasteiger partial charge >= 0.3 is 5.97 Å². The van der Waals surface area contributed by atoms with Crippen LogP contribution in [0.3, 0.4) is 0 Å². The van der Waals surface area contributed by atoms with Crippen molar-refractivity contribution in [1.82, 2.24) is 14.8 Å². The van der Waals surface area contributed by atoms with Crippen LogP contribution in [0.2, 0.25) is 5.02 Å². The second kappa shape index (κ2) is 10.7. The normalized spacial score (nSPS) is 15.0. The average molecular weight is 618 g/mol. The number of carbonyl (C=O) groups is 3. The van der Waals surface area contributed by atoms with E-state index in [4.69, 9.17) is 11.6 Å². The number of fused-ring (bicyclic) bond motifs is 1. The van der Waals surface area contributed by atoms with Gasteiger partial charge in [-0.15, -0.1) is 0 Å². The number of carboxylic acid groups (broad SMARTS) is 1. The molecular formula is C32H28ClN3O6S. The van der Waals surface area contributed by atoms with Gasteiger partial charge in [0.15, 0.2) is 9.84 Å². The van der Waals surface area contributed by atoms with Gasteiger partial charge in [0, 0.05) is 42.8 Å². The minimum atomic E-state index is -3.49. The van der Waals surface area contributed by atoms with E-state index < -0.39 is 27.8 Å². The van der Waals surface area contributed by atoms with Gasteiger partial charge in [-0.2, -0.15) is 0 Å². The van der Waals surface area contributed by atoms with Crippen LogP contribution in [0, 0.1) is 0 Å². The van der Waals surface area contributed by atoms with Gasteiger partial charge in [-0.25, -0.2) is 13.2 Å². The molecule has 0 bridgehead atoms. The highest BCUT2D eigenvalue weighted by molar-refractivity contribution is 7.90. The summed E-state index contributed by atoms with van der Waals surface area (Å²) in [7, 11) is -3.49. The van der Waals surface area contributed by atoms with Crippen LogP contribution >= 0.6 is 11.6 Å². The van der Waals surface area contributed by atoms with Crippen LogP contribution in [0.15, 0.2) is 77.3 Å². The molecule has 0 saturated carbocycles. The molecule has 2 heterocycles. The monoisotopic (exact) mass is 617 g/mol. The zero-order chi connectivity index (χ0) is 30.6. The number of carbonyl (C=O) groups excluding carboxylic acids is 2. The summed E-state index contributed by atoms with van der Waals surface area (Å²) in [4.78, 5) is 41.1. The topological polar surface area (TPSA) is 126 Å². The highest BCUT2D eigenvalue weighted by Gasteiger charge is 2.32. The van der Waals surface area contributed by atoms with Crippen molar-refractivity contribution >= 4 is 55.7 Å². The lowest BCUT2D eigenvalue weighted by Gasteiger charge is -2.30. The lowest BCUT2D eigenvalue weighted by atomic mass is 10.0. The lowest BCUT2D eigenvalue weighted by molar-refractivity contribution is -0.139. The maximum Gasteiger partial charge on any atom is 0.326 e. The lowest BCUT2D eigenvalue weighted by Crippen LogP contribution is -2.42. The van der Waals surface area contributed by atoms with Gasteiger partial charge in [-0.1, -0.05) is 48.0 Å². The van der Waals surface area contributed by atoms with Gasteiger partial charge in [-0.05, 0) is 59.0 Å². The molecule has 1 aliphatic carbocycles. The number of benzene rings is 3. The van der Waals surface area contributed by atoms with Gasteiger partial charge in [-0.3, -0.25) is 9.59 Å². The van der Waals surface area contributed by atoms with Gasteiger partial charge in [0.2, 0.25) is 0 Å². The van der Waals surface area contributed by atoms with Crippen molar-refractivity contribution in [3.05, 3.63) is 105 Å². The molecule has 2 aliphatic rings. The molecule has 0 spiro atoms. The Bertz CT molecular complexity index is 2000. The van der Waals surface area contributed by atoms with E-state index in [9.17, 15) is 27.9 Å². The Kier molecular flexibility index (Phi) is 7.14. The molecule has 4 aromatic rings. The number of nitrogens with one attached hydrogen (secondary N) is 1. The number of aromatic nitrogens is 1. The SMILES string of the molecule is CC1=C(C(=O)N2Cc3cc(Cl)c(C(=O)N[C@@H](Cc4cccc(S(C)(=O)=O)c4)C(=O)O)c4ccn(c34)C2)Cc2ccccc21. The fraction of sp³-hybridized carbons (Fsp3) is 0.219. The molecule has 0 saturated heterocycles. The Morgan fingerprint density at radius 2 is 1.81 bits per heavy atom. The van der Waals surface area contributed by atoms with Gasteiger partial charge in [0.1, 0.15) is 6.04 Å². The quantitative estimate of drug-likeness (QED) is 0.316. The Hall–Kier alpha value is -4.41. The van der Waals surface area contributed by atoms with Gasteiger partial charge < -0.3 is 19.9 Å². The van der Waals surface area contributed by atoms with E-state index in [1.54, 1.807) is 29.3 Å². The van der Waals surface area contributed by atoms with E-state index >= 15 is 0 Å². The third-order valence-corrected chi connectivity index (χ3v) is 9.55. The van der Waals surface area contributed by atoms with Crippen LogP contribution in [-0.2, 0) is 45.5 Å². The van der Waals surface area contributed by atoms with E-state index in [-0.39, 0.29) is 27.8 Å². The molecule has 2 N–H and O–H groups in total. The zero-order valence-electron chi connectivity index (χ0n) is 23.4. The summed E-state index contributed by atoms with van der Waals surface area (Å²) >= 11 is 6.65. The van der Waals surface area contributed by atoms with E-state index in [0.717, 1.165) is 39.6 Å². The molecule has 6 rings (SSSR count). The van der Waals surface area contributed by atoms with Crippen molar-refractivity contribution < 1.29 is 27.9 Å². The van der Waals surface area contributed by atoms with Crippen molar-refractivity contribution in [3.8, 4) is 0 Å². The highest BCUT2D eigenvalue weighted by Crippen LogP contribution is 2.37. The molecule has 0 unspecified atom stereocenters. The standard InChI is InChI=1S/C32H28ClN3O6S/c1-18-23-9-4-3-7-20(23)14-25(18)31(38)36-16-21-15-26(33)28(24-10-11-35(17-36)29(21)24)30(37)34-27(32(39)40)13-19-6-5-8-22(12-19)43(2,41)42/h3-12,15,27H,13-14,16-17H2,1-2H3,(H,34,37)(H,39,40)/t27-/m0/s1. The Balaban J connectivity index is 1.25. The fourth-order valence-electron chi connectivity index (χ4n) is 6.02. The molecule has 0 fully saturated rings. The number of hydrogen-bond donors (Lipinski definition) is 2. The molecular weight excluding hydrogens is 590 g/mol. The van der Waals surface area contributed by atoms with Crippen LogP contribution in [0.25, 0.3) is 16.5 Å². The van der Waals surface area contributed by atoms with Crippen molar-refractivity contribution in [2.24, 2.45) is 0 Å². The summed E-state index contributed by atoms with van der Waals surface area (Å²) in [6.07, 6.45) is 3.31. The molecule has 220 valence electrons. The average Bonchev–Trinajstić information content (AvgIpc) is 3.53. The number of sulfone groups is 1. The third kappa shape index (κ3) is 5.21. The molecule has 1 atom stereocenters. The fourth-order valence-corrected chi connectivity index (χ4v) is 7.03. The number of hydrogen-bond acceptors (Lipinski definition) is 5. The Labute approximate surface area is 253 Å². The summed E-state index contributed by atoms with van der Waals surface area (Å²) in [5.41, 5.74) is 6.08. The van der Waals surface area contributed by atoms with E-state index in [1.165, 1.54) is 18.2 Å². The van der Waals surface area contributed by atoms with E-state index in [0.29, 0.717) is 30.6 Å². The van der Waals surface area contributed by atoms with Crippen molar-refractivity contribution in [2.75, 3.05) is 6.26 Å². The molecule has 1 aliphatic heterocycles. The van der Waals surface area contributed by atoms with Crippen LogP contribution in [0.5, 0.6) is 0 Å². The van der Waals surface area contributed by atoms with Crippen LogP contribution in [-0.4, -0.2) is 53.1 Å². The van der Waals surface area contributed by atoms with Crippen LogP contribution in [0.4, 0.5) is 0 Å². The molecule has 11 heteroatoms. The molecule has 43 heavy (non-hydrogen) atoms. The minimum absolute atomic E-state index is 0.0524. The smallest absolute Gasteiger partial charge is 0.326 e. The first kappa shape index (κ1) is 28.7. The zero-order valence-corrected chi connectivity index (χ0v) is 25.0. The molecule has 0 radical (unpaired) electrons. The summed E-state index contributed by atoms with van der Waals surface area (Å²) in [5.74, 6) is -1.99. The predicted molar refractivity (Wildman–Crippen MR) is 162 cm³/mol. The number of allylic oxidation sites excluding steroid dienone is 1. The first-order valence-electron chi connectivity index (χ1n) is 13.6. The summed E-state index contributed by atoms with van der Waals surface area (Å²) in [6, 6.07) is 16.0. The molecule has 9 nitrogen and oxygen atoms in total. The number of halogens is 1. The maximum absolute atomic E-state index is 13.7. The molecule has 2 amide bonds. The number of rotatable bonds is 7. The number of carboxylic acids is 1. The largest absolute Gasteiger partial charge is 0.480 e. The van der Waals surface area contributed by atoms with Crippen molar-refractivity contribution in [3.63, 3.8) is 0 Å². The summed E-state index contributed by atoms with van der Waals surface area (Å²) in [5, 5.41) is 13.1. The number of amides is 2. The van der Waals surface area contributed by atoms with E-state index in [2.05, 4.69) is 5.32 Å². The maximum atomic E-state index is 13.7. The number of nitrogens with zero attached hydrogens (tertiary/aromatic N) is 2. The third-order valence-electron chi connectivity index (χ3n) is 8.14. The minimum Gasteiger partial charge on any atom is -0.480 e. The van der Waals surface area contributed by atoms with Gasteiger partial charge in [0.05, 0.1) is 27.7 Å². The second-order valence-electron chi connectivity index (χ2n) is 11.0. The molecule has 3 aromatic carbocycles. The first-order chi connectivity index (χ1) is 20.4. The second-order valence-corrected chi connectivity index (χ2v) is 13.4. The van der Waals surface area contributed by atoms with Crippen molar-refractivity contribution in [1.29, 1.82) is 0 Å². The van der Waals surface area contributed by atoms with E-state index in [1.807, 2.05) is 35.8 Å². The Morgan fingerprint density at radius 3 is 2.53 bits per heavy atom. The Morgan fingerprint density at radius 1 is 1.05 bits per heavy atom. The summed E-state index contributed by atoms with van der Waals surface area (Å²) in [6.45, 7) is 2.57. The van der Waals surface area contributed by atoms with Gasteiger partial charge in [0.25, 0.3) is 11.8 Å².